The molecule has 0 aliphatic carbocycles. The minimum atomic E-state index is -4.17. The molecule has 1 aliphatic rings. The maximum atomic E-state index is 12.3. The third kappa shape index (κ3) is 5.98. The van der Waals surface area contributed by atoms with Gasteiger partial charge in [0.2, 0.25) is 5.22 Å². The lowest BCUT2D eigenvalue weighted by atomic mass is 9.98. The van der Waals surface area contributed by atoms with Crippen molar-refractivity contribution in [2.75, 3.05) is 26.2 Å². The normalized spacial score (nSPS) is 17.2. The Morgan fingerprint density at radius 3 is 2.62 bits per heavy atom. The molecule has 0 atom stereocenters. The maximum absolute atomic E-state index is 12.3. The molecule has 0 aromatic carbocycles. The lowest BCUT2D eigenvalue weighted by molar-refractivity contribution is -0.150. The van der Waals surface area contributed by atoms with E-state index < -0.39 is 12.7 Å². The van der Waals surface area contributed by atoms with Gasteiger partial charge in [0, 0.05) is 12.0 Å². The van der Waals surface area contributed by atoms with E-state index in [9.17, 15) is 18.0 Å². The van der Waals surface area contributed by atoms with Crippen molar-refractivity contribution in [1.29, 1.82) is 0 Å². The summed E-state index contributed by atoms with van der Waals surface area (Å²) >= 11 is 5.82. The number of rotatable bonds is 6. The highest BCUT2D eigenvalue weighted by Crippen LogP contribution is 2.23. The van der Waals surface area contributed by atoms with Gasteiger partial charge in [0.1, 0.15) is 0 Å². The van der Waals surface area contributed by atoms with Crippen LogP contribution in [0, 0.1) is 12.8 Å². The van der Waals surface area contributed by atoms with E-state index in [2.05, 4.69) is 5.16 Å². The van der Waals surface area contributed by atoms with Crippen LogP contribution in [0.4, 0.5) is 13.2 Å². The van der Waals surface area contributed by atoms with Crippen molar-refractivity contribution in [3.63, 3.8) is 0 Å². The Morgan fingerprint density at radius 2 is 2.08 bits per heavy atom. The number of hydrogen-bond donors (Lipinski definition) is 0. The van der Waals surface area contributed by atoms with Gasteiger partial charge < -0.3 is 9.26 Å². The second-order valence-electron chi connectivity index (χ2n) is 6.04. The molecule has 1 aromatic heterocycles. The molecule has 0 bridgehead atoms. The molecule has 0 N–H and O–H groups in total. The molecular formula is C15H20ClF3N2O3. The molecule has 0 radical (unpaired) electrons. The molecule has 0 amide bonds. The van der Waals surface area contributed by atoms with Crippen LogP contribution in [0.25, 0.3) is 0 Å². The summed E-state index contributed by atoms with van der Waals surface area (Å²) in [6.07, 6.45) is -2.42. The molecule has 1 aromatic rings. The summed E-state index contributed by atoms with van der Waals surface area (Å²) in [5.74, 6) is -0.247. The van der Waals surface area contributed by atoms with E-state index in [0.29, 0.717) is 43.6 Å². The minimum absolute atomic E-state index is 0.111. The number of hydrogen-bond acceptors (Lipinski definition) is 5. The van der Waals surface area contributed by atoms with Gasteiger partial charge in [-0.15, -0.1) is 0 Å². The first kappa shape index (κ1) is 19.1. The van der Waals surface area contributed by atoms with E-state index >= 15 is 0 Å². The van der Waals surface area contributed by atoms with Gasteiger partial charge in [-0.25, -0.2) is 0 Å². The molecule has 24 heavy (non-hydrogen) atoms. The van der Waals surface area contributed by atoms with Crippen molar-refractivity contribution < 1.29 is 27.2 Å². The molecular weight excluding hydrogens is 349 g/mol. The Balaban J connectivity index is 1.64. The minimum Gasteiger partial charge on any atom is -0.465 e. The highest BCUT2D eigenvalue weighted by molar-refractivity contribution is 6.29. The molecule has 5 nitrogen and oxygen atoms in total. The van der Waals surface area contributed by atoms with Crippen molar-refractivity contribution in [2.45, 2.75) is 38.8 Å². The first-order valence-electron chi connectivity index (χ1n) is 7.80. The second-order valence-corrected chi connectivity index (χ2v) is 6.38. The number of carbonyl (C=O) groups excluding carboxylic acids is 1. The van der Waals surface area contributed by atoms with E-state index in [0.717, 1.165) is 0 Å². The van der Waals surface area contributed by atoms with E-state index in [4.69, 9.17) is 20.9 Å². The van der Waals surface area contributed by atoms with Crippen molar-refractivity contribution in [2.24, 2.45) is 5.92 Å². The van der Waals surface area contributed by atoms with Crippen molar-refractivity contribution in [3.8, 4) is 0 Å². The summed E-state index contributed by atoms with van der Waals surface area (Å²) in [6.45, 7) is 1.85. The first-order chi connectivity index (χ1) is 11.2. The van der Waals surface area contributed by atoms with Gasteiger partial charge in [-0.05, 0) is 56.8 Å². The Morgan fingerprint density at radius 1 is 1.42 bits per heavy atom. The largest absolute Gasteiger partial charge is 0.465 e. The van der Waals surface area contributed by atoms with Gasteiger partial charge in [0.25, 0.3) is 0 Å². The van der Waals surface area contributed by atoms with Crippen LogP contribution in [0.1, 0.15) is 30.5 Å². The number of esters is 1. The number of nitrogens with zero attached hydrogens (tertiary/aromatic N) is 2. The summed E-state index contributed by atoms with van der Waals surface area (Å²) in [6, 6.07) is 0. The van der Waals surface area contributed by atoms with Gasteiger partial charge in [-0.1, -0.05) is 5.16 Å². The molecule has 1 fully saturated rings. The predicted molar refractivity (Wildman–Crippen MR) is 80.7 cm³/mol. The Hall–Kier alpha value is -1.28. The van der Waals surface area contributed by atoms with Gasteiger partial charge in [0.15, 0.2) is 0 Å². The molecule has 1 aliphatic heterocycles. The lowest BCUT2D eigenvalue weighted by Gasteiger charge is -2.31. The van der Waals surface area contributed by atoms with Crippen LogP contribution >= 0.6 is 11.6 Å². The van der Waals surface area contributed by atoms with Gasteiger partial charge >= 0.3 is 12.1 Å². The van der Waals surface area contributed by atoms with E-state index in [-0.39, 0.29) is 30.1 Å². The van der Waals surface area contributed by atoms with Crippen molar-refractivity contribution in [1.82, 2.24) is 10.1 Å². The van der Waals surface area contributed by atoms with Crippen LogP contribution in [0.2, 0.25) is 5.22 Å². The van der Waals surface area contributed by atoms with Gasteiger partial charge in [-0.3, -0.25) is 9.69 Å². The molecule has 0 spiro atoms. The topological polar surface area (TPSA) is 55.6 Å². The smallest absolute Gasteiger partial charge is 0.401 e. The Labute approximate surface area is 143 Å². The standard InChI is InChI=1S/C15H20ClF3N2O3/c1-10-12(14(16)24-20-10)2-3-13(22)23-8-11-4-6-21(7-5-11)9-15(17,18)19/h11H,2-9H2,1H3. The summed E-state index contributed by atoms with van der Waals surface area (Å²) in [4.78, 5) is 13.2. The SMILES string of the molecule is Cc1noc(Cl)c1CCC(=O)OCC1CCN(CC(F)(F)F)CC1. The molecule has 0 saturated carbocycles. The third-order valence-corrected chi connectivity index (χ3v) is 4.40. The first-order valence-corrected chi connectivity index (χ1v) is 8.18. The number of aryl methyl sites for hydroxylation is 1. The van der Waals surface area contributed by atoms with Crippen LogP contribution in [0.15, 0.2) is 4.52 Å². The van der Waals surface area contributed by atoms with Gasteiger partial charge in [-0.2, -0.15) is 13.2 Å². The monoisotopic (exact) mass is 368 g/mol. The zero-order valence-corrected chi connectivity index (χ0v) is 14.1. The van der Waals surface area contributed by atoms with Crippen LogP contribution in [-0.4, -0.2) is 48.4 Å². The summed E-state index contributed by atoms with van der Waals surface area (Å²) in [7, 11) is 0. The number of ether oxygens (including phenoxy) is 1. The zero-order valence-electron chi connectivity index (χ0n) is 13.4. The van der Waals surface area contributed by atoms with E-state index in [1.165, 1.54) is 4.90 Å². The summed E-state index contributed by atoms with van der Waals surface area (Å²) < 4.78 is 47.0. The van der Waals surface area contributed by atoms with Crippen LogP contribution in [0.3, 0.4) is 0 Å². The van der Waals surface area contributed by atoms with E-state index in [1.807, 2.05) is 0 Å². The van der Waals surface area contributed by atoms with Crippen LogP contribution < -0.4 is 0 Å². The predicted octanol–water partition coefficient (Wildman–Crippen LogP) is 3.39. The van der Waals surface area contributed by atoms with Gasteiger partial charge in [0.05, 0.1) is 18.8 Å². The molecule has 136 valence electrons. The van der Waals surface area contributed by atoms with Crippen molar-refractivity contribution >= 4 is 17.6 Å². The zero-order chi connectivity index (χ0) is 17.7. The molecule has 0 unspecified atom stereocenters. The molecule has 2 rings (SSSR count). The quantitative estimate of drug-likeness (QED) is 0.720. The van der Waals surface area contributed by atoms with Crippen LogP contribution in [-0.2, 0) is 16.0 Å². The fraction of sp³-hybridized carbons (Fsp3) is 0.733. The molecule has 1 saturated heterocycles. The molecule has 9 heteroatoms. The average molecular weight is 369 g/mol. The summed E-state index contributed by atoms with van der Waals surface area (Å²) in [5, 5.41) is 3.88. The number of aromatic nitrogens is 1. The third-order valence-electron chi connectivity index (χ3n) is 4.11. The number of likely N-dealkylation sites (tertiary alicyclic amines) is 1. The summed E-state index contributed by atoms with van der Waals surface area (Å²) in [5.41, 5.74) is 1.33. The number of halogens is 4. The second kappa shape index (κ2) is 8.20. The fourth-order valence-corrected chi connectivity index (χ4v) is 2.98. The maximum Gasteiger partial charge on any atom is 0.401 e. The number of carbonyl (C=O) groups is 1. The lowest BCUT2D eigenvalue weighted by Crippen LogP contribution is -2.40. The Bertz CT molecular complexity index is 535. The Kier molecular flexibility index (Phi) is 6.51. The van der Waals surface area contributed by atoms with Crippen molar-refractivity contribution in [3.05, 3.63) is 16.5 Å². The molecule has 2 heterocycles. The number of piperidine rings is 1. The number of alkyl halides is 3. The highest BCUT2D eigenvalue weighted by atomic mass is 35.5. The van der Waals surface area contributed by atoms with E-state index in [1.54, 1.807) is 6.92 Å². The van der Waals surface area contributed by atoms with Crippen LogP contribution in [0.5, 0.6) is 0 Å². The fourth-order valence-electron chi connectivity index (χ4n) is 2.71. The highest BCUT2D eigenvalue weighted by Gasteiger charge is 2.32. The average Bonchev–Trinajstić information content (AvgIpc) is 2.82.